The first-order chi connectivity index (χ1) is 11.9. The van der Waals surface area contributed by atoms with E-state index >= 15 is 0 Å². The number of aromatic nitrogens is 4. The molecule has 3 rings (SSSR count). The Balaban J connectivity index is 1.70. The molecule has 7 nitrogen and oxygen atoms in total. The third-order valence-electron chi connectivity index (χ3n) is 4.13. The number of carbonyl (C=O) groups is 1. The molecule has 25 heavy (non-hydrogen) atoms. The van der Waals surface area contributed by atoms with Gasteiger partial charge < -0.3 is 9.64 Å². The zero-order valence-electron chi connectivity index (χ0n) is 15.0. The lowest BCUT2D eigenvalue weighted by Gasteiger charge is -2.35. The van der Waals surface area contributed by atoms with Crippen molar-refractivity contribution >= 4 is 17.7 Å². The first-order valence-corrected chi connectivity index (χ1v) is 9.34. The first kappa shape index (κ1) is 17.9. The van der Waals surface area contributed by atoms with Crippen LogP contribution in [0.3, 0.4) is 0 Å². The van der Waals surface area contributed by atoms with Gasteiger partial charge in [0, 0.05) is 13.1 Å². The van der Waals surface area contributed by atoms with Gasteiger partial charge in [-0.1, -0.05) is 23.9 Å². The van der Waals surface area contributed by atoms with Gasteiger partial charge in [-0.05, 0) is 55.3 Å². The SMILES string of the molecule is Cc1ccc(C)c(-n2nnnc2SCC(=O)N2C[C@H](C)O[C@@H](C)C2)c1. The summed E-state index contributed by atoms with van der Waals surface area (Å²) < 4.78 is 7.38. The molecule has 0 N–H and O–H groups in total. The smallest absolute Gasteiger partial charge is 0.233 e. The number of benzene rings is 1. The Morgan fingerprint density at radius 2 is 2.00 bits per heavy atom. The fourth-order valence-corrected chi connectivity index (χ4v) is 3.75. The minimum Gasteiger partial charge on any atom is -0.372 e. The topological polar surface area (TPSA) is 73.1 Å². The number of hydrogen-bond acceptors (Lipinski definition) is 6. The van der Waals surface area contributed by atoms with Gasteiger partial charge in [0.15, 0.2) is 0 Å². The molecule has 1 aromatic heterocycles. The van der Waals surface area contributed by atoms with Crippen LogP contribution in [-0.4, -0.2) is 62.1 Å². The summed E-state index contributed by atoms with van der Waals surface area (Å²) in [6.07, 6.45) is 0.135. The Morgan fingerprint density at radius 1 is 1.28 bits per heavy atom. The fourth-order valence-electron chi connectivity index (χ4n) is 2.97. The van der Waals surface area contributed by atoms with Crippen LogP contribution in [0.15, 0.2) is 23.4 Å². The van der Waals surface area contributed by atoms with E-state index in [4.69, 9.17) is 4.74 Å². The highest BCUT2D eigenvalue weighted by atomic mass is 32.2. The molecule has 1 aromatic carbocycles. The van der Waals surface area contributed by atoms with Crippen LogP contribution in [0.5, 0.6) is 0 Å². The van der Waals surface area contributed by atoms with Crippen LogP contribution in [0.2, 0.25) is 0 Å². The van der Waals surface area contributed by atoms with Crippen molar-refractivity contribution in [3.8, 4) is 5.69 Å². The van der Waals surface area contributed by atoms with Crippen molar-refractivity contribution in [3.63, 3.8) is 0 Å². The predicted octanol–water partition coefficient (Wildman–Crippen LogP) is 2.01. The van der Waals surface area contributed by atoms with Crippen LogP contribution >= 0.6 is 11.8 Å². The summed E-state index contributed by atoms with van der Waals surface area (Å²) in [5, 5.41) is 12.6. The van der Waals surface area contributed by atoms with Crippen molar-refractivity contribution in [2.24, 2.45) is 0 Å². The van der Waals surface area contributed by atoms with Crippen LogP contribution < -0.4 is 0 Å². The van der Waals surface area contributed by atoms with Gasteiger partial charge in [0.25, 0.3) is 0 Å². The van der Waals surface area contributed by atoms with Gasteiger partial charge in [-0.15, -0.1) is 5.10 Å². The van der Waals surface area contributed by atoms with Crippen LogP contribution in [0.25, 0.3) is 5.69 Å². The summed E-state index contributed by atoms with van der Waals surface area (Å²) in [6.45, 7) is 9.29. The highest BCUT2D eigenvalue weighted by Gasteiger charge is 2.26. The highest BCUT2D eigenvalue weighted by Crippen LogP contribution is 2.22. The van der Waals surface area contributed by atoms with Crippen molar-refractivity contribution < 1.29 is 9.53 Å². The van der Waals surface area contributed by atoms with Crippen LogP contribution in [0.1, 0.15) is 25.0 Å². The van der Waals surface area contributed by atoms with Gasteiger partial charge in [0.05, 0.1) is 23.6 Å². The van der Waals surface area contributed by atoms with Crippen molar-refractivity contribution in [1.29, 1.82) is 0 Å². The predicted molar refractivity (Wildman–Crippen MR) is 95.9 cm³/mol. The Morgan fingerprint density at radius 3 is 2.72 bits per heavy atom. The number of tetrazole rings is 1. The summed E-state index contributed by atoms with van der Waals surface area (Å²) in [5.41, 5.74) is 3.16. The quantitative estimate of drug-likeness (QED) is 0.776. The Labute approximate surface area is 151 Å². The lowest BCUT2D eigenvalue weighted by molar-refractivity contribution is -0.140. The molecule has 0 radical (unpaired) electrons. The summed E-state index contributed by atoms with van der Waals surface area (Å²) in [5.74, 6) is 0.396. The largest absolute Gasteiger partial charge is 0.372 e. The molecule has 0 bridgehead atoms. The maximum atomic E-state index is 12.5. The van der Waals surface area contributed by atoms with E-state index < -0.39 is 0 Å². The third-order valence-corrected chi connectivity index (χ3v) is 5.03. The van der Waals surface area contributed by atoms with E-state index in [1.54, 1.807) is 4.68 Å². The molecule has 2 aromatic rings. The normalized spacial score (nSPS) is 20.7. The van der Waals surface area contributed by atoms with E-state index in [0.29, 0.717) is 24.0 Å². The van der Waals surface area contributed by atoms with E-state index in [1.807, 2.05) is 44.7 Å². The Bertz CT molecular complexity index is 753. The molecule has 0 unspecified atom stereocenters. The maximum absolute atomic E-state index is 12.5. The molecular formula is C17H23N5O2S. The summed E-state index contributed by atoms with van der Waals surface area (Å²) in [6, 6.07) is 6.14. The molecule has 1 saturated heterocycles. The number of carbonyl (C=O) groups excluding carboxylic acids is 1. The minimum absolute atomic E-state index is 0.0676. The molecular weight excluding hydrogens is 338 g/mol. The number of morpholine rings is 1. The lowest BCUT2D eigenvalue weighted by Crippen LogP contribution is -2.48. The number of rotatable bonds is 4. The second kappa shape index (κ2) is 7.53. The number of aryl methyl sites for hydroxylation is 2. The van der Waals surface area contributed by atoms with Gasteiger partial charge in [0.1, 0.15) is 0 Å². The van der Waals surface area contributed by atoms with Gasteiger partial charge in [-0.3, -0.25) is 4.79 Å². The molecule has 0 saturated carbocycles. The summed E-state index contributed by atoms with van der Waals surface area (Å²) in [4.78, 5) is 14.4. The van der Waals surface area contributed by atoms with Crippen molar-refractivity contribution in [1.82, 2.24) is 25.1 Å². The molecule has 2 heterocycles. The zero-order valence-corrected chi connectivity index (χ0v) is 15.8. The number of thioether (sulfide) groups is 1. The Kier molecular flexibility index (Phi) is 5.39. The molecule has 8 heteroatoms. The van der Waals surface area contributed by atoms with Crippen LogP contribution in [-0.2, 0) is 9.53 Å². The number of ether oxygens (including phenoxy) is 1. The molecule has 1 aliphatic heterocycles. The van der Waals surface area contributed by atoms with Gasteiger partial charge in [0.2, 0.25) is 11.1 Å². The van der Waals surface area contributed by atoms with Crippen molar-refractivity contribution in [3.05, 3.63) is 29.3 Å². The van der Waals surface area contributed by atoms with E-state index in [2.05, 4.69) is 21.6 Å². The fraction of sp³-hybridized carbons (Fsp3) is 0.529. The third kappa shape index (κ3) is 4.19. The minimum atomic E-state index is 0.0676. The summed E-state index contributed by atoms with van der Waals surface area (Å²) >= 11 is 1.36. The van der Waals surface area contributed by atoms with E-state index in [1.165, 1.54) is 11.8 Å². The lowest BCUT2D eigenvalue weighted by atomic mass is 10.1. The second-order valence-electron chi connectivity index (χ2n) is 6.51. The van der Waals surface area contributed by atoms with Crippen molar-refractivity contribution in [2.45, 2.75) is 45.1 Å². The number of amides is 1. The van der Waals surface area contributed by atoms with Gasteiger partial charge in [-0.2, -0.15) is 4.68 Å². The van der Waals surface area contributed by atoms with E-state index in [0.717, 1.165) is 16.8 Å². The molecule has 1 fully saturated rings. The zero-order chi connectivity index (χ0) is 18.0. The van der Waals surface area contributed by atoms with E-state index in [-0.39, 0.29) is 18.1 Å². The average Bonchev–Trinajstić information content (AvgIpc) is 3.02. The molecule has 2 atom stereocenters. The molecule has 0 spiro atoms. The molecule has 0 aliphatic carbocycles. The standard InChI is InChI=1S/C17H23N5O2S/c1-11-5-6-12(2)15(7-11)22-17(18-19-20-22)25-10-16(23)21-8-13(3)24-14(4)9-21/h5-7,13-14H,8-10H2,1-4H3/t13-,14-/m0/s1. The second-order valence-corrected chi connectivity index (χ2v) is 7.45. The Hall–Kier alpha value is -1.93. The molecule has 1 aliphatic rings. The van der Waals surface area contributed by atoms with Crippen LogP contribution in [0.4, 0.5) is 0 Å². The first-order valence-electron chi connectivity index (χ1n) is 8.36. The summed E-state index contributed by atoms with van der Waals surface area (Å²) in [7, 11) is 0. The highest BCUT2D eigenvalue weighted by molar-refractivity contribution is 7.99. The average molecular weight is 361 g/mol. The van der Waals surface area contributed by atoms with Crippen LogP contribution in [0, 0.1) is 13.8 Å². The van der Waals surface area contributed by atoms with E-state index in [9.17, 15) is 4.79 Å². The van der Waals surface area contributed by atoms with Crippen molar-refractivity contribution in [2.75, 3.05) is 18.8 Å². The maximum Gasteiger partial charge on any atom is 0.233 e. The monoisotopic (exact) mass is 361 g/mol. The van der Waals surface area contributed by atoms with Gasteiger partial charge in [-0.25, -0.2) is 0 Å². The number of nitrogens with zero attached hydrogens (tertiary/aromatic N) is 5. The molecule has 134 valence electrons. The molecule has 1 amide bonds. The number of hydrogen-bond donors (Lipinski definition) is 0. The van der Waals surface area contributed by atoms with Gasteiger partial charge >= 0.3 is 0 Å².